The van der Waals surface area contributed by atoms with Crippen molar-refractivity contribution in [1.29, 1.82) is 0 Å². The quantitative estimate of drug-likeness (QED) is 0.695. The van der Waals surface area contributed by atoms with Crippen molar-refractivity contribution in [2.75, 3.05) is 0 Å². The van der Waals surface area contributed by atoms with Crippen LogP contribution in [0.25, 0.3) is 11.0 Å². The van der Waals surface area contributed by atoms with Gasteiger partial charge >= 0.3 is 0 Å². The Labute approximate surface area is 74.2 Å². The number of amides is 1. The predicted octanol–water partition coefficient (Wildman–Crippen LogP) is -0.0834. The molecule has 0 aliphatic rings. The van der Waals surface area contributed by atoms with E-state index in [-0.39, 0.29) is 12.5 Å². The minimum atomic E-state index is -0.374. The van der Waals surface area contributed by atoms with Gasteiger partial charge in [0, 0.05) is 6.20 Å². The van der Waals surface area contributed by atoms with Crippen LogP contribution in [0.4, 0.5) is 0 Å². The monoisotopic (exact) mass is 176 g/mol. The van der Waals surface area contributed by atoms with Gasteiger partial charge in [-0.25, -0.2) is 9.97 Å². The highest BCUT2D eigenvalue weighted by Crippen LogP contribution is 2.10. The molecule has 2 aromatic rings. The zero-order valence-corrected chi connectivity index (χ0v) is 6.84. The first kappa shape index (κ1) is 7.72. The molecule has 0 spiro atoms. The molecule has 0 fully saturated rings. The van der Waals surface area contributed by atoms with Crippen LogP contribution in [0.5, 0.6) is 0 Å². The van der Waals surface area contributed by atoms with Crippen LogP contribution in [0, 0.1) is 0 Å². The summed E-state index contributed by atoms with van der Waals surface area (Å²) in [7, 11) is 0. The highest BCUT2D eigenvalue weighted by atomic mass is 16.1. The van der Waals surface area contributed by atoms with E-state index in [0.717, 1.165) is 11.0 Å². The lowest BCUT2D eigenvalue weighted by Crippen LogP contribution is -2.17. The molecule has 0 saturated carbocycles. The summed E-state index contributed by atoms with van der Waals surface area (Å²) in [6, 6.07) is 1.82. The van der Waals surface area contributed by atoms with E-state index in [9.17, 15) is 4.79 Å². The van der Waals surface area contributed by atoms with Gasteiger partial charge in [0.2, 0.25) is 5.91 Å². The van der Waals surface area contributed by atoms with Crippen molar-refractivity contribution in [2.45, 2.75) is 6.54 Å². The molecule has 5 heteroatoms. The van der Waals surface area contributed by atoms with Crippen molar-refractivity contribution in [2.24, 2.45) is 5.73 Å². The third kappa shape index (κ3) is 1.35. The van der Waals surface area contributed by atoms with Crippen molar-refractivity contribution in [3.05, 3.63) is 24.8 Å². The van der Waals surface area contributed by atoms with Crippen LogP contribution in [0.1, 0.15) is 0 Å². The molecule has 0 aromatic carbocycles. The average Bonchev–Trinajstić information content (AvgIpc) is 2.48. The maximum Gasteiger partial charge on any atom is 0.237 e. The van der Waals surface area contributed by atoms with Gasteiger partial charge < -0.3 is 10.3 Å². The minimum absolute atomic E-state index is 0.164. The van der Waals surface area contributed by atoms with Crippen LogP contribution in [-0.4, -0.2) is 20.4 Å². The zero-order chi connectivity index (χ0) is 9.26. The molecule has 0 aliphatic heterocycles. The smallest absolute Gasteiger partial charge is 0.237 e. The van der Waals surface area contributed by atoms with Gasteiger partial charge in [-0.3, -0.25) is 4.79 Å². The number of rotatable bonds is 2. The first-order valence-corrected chi connectivity index (χ1v) is 3.80. The minimum Gasteiger partial charge on any atom is -0.368 e. The van der Waals surface area contributed by atoms with Gasteiger partial charge in [-0.2, -0.15) is 0 Å². The fraction of sp³-hybridized carbons (Fsp3) is 0.125. The standard InChI is InChI=1S/C8H8N4O/c9-8(13)4-12-2-1-6-7(12)3-10-5-11-6/h1-3,5H,4H2,(H2,9,13). The van der Waals surface area contributed by atoms with Crippen molar-refractivity contribution in [3.63, 3.8) is 0 Å². The topological polar surface area (TPSA) is 73.8 Å². The van der Waals surface area contributed by atoms with Gasteiger partial charge in [0.05, 0.1) is 17.2 Å². The average molecular weight is 176 g/mol. The molecule has 0 bridgehead atoms. The fourth-order valence-corrected chi connectivity index (χ4v) is 1.23. The number of aromatic nitrogens is 3. The largest absolute Gasteiger partial charge is 0.368 e. The van der Waals surface area contributed by atoms with Crippen LogP contribution in [0.3, 0.4) is 0 Å². The molecule has 0 unspecified atom stereocenters. The Bertz CT molecular complexity index is 448. The summed E-state index contributed by atoms with van der Waals surface area (Å²) >= 11 is 0. The second-order valence-corrected chi connectivity index (χ2v) is 2.70. The van der Waals surface area contributed by atoms with Gasteiger partial charge in [0.15, 0.2) is 0 Å². The molecule has 2 aromatic heterocycles. The zero-order valence-electron chi connectivity index (χ0n) is 6.84. The van der Waals surface area contributed by atoms with Gasteiger partial charge in [-0.15, -0.1) is 0 Å². The van der Waals surface area contributed by atoms with E-state index in [1.165, 1.54) is 6.33 Å². The third-order valence-corrected chi connectivity index (χ3v) is 1.77. The summed E-state index contributed by atoms with van der Waals surface area (Å²) in [5.74, 6) is -0.374. The molecular weight excluding hydrogens is 168 g/mol. The van der Waals surface area contributed by atoms with Gasteiger partial charge in [0.1, 0.15) is 12.9 Å². The fourth-order valence-electron chi connectivity index (χ4n) is 1.23. The Kier molecular flexibility index (Phi) is 1.70. The summed E-state index contributed by atoms with van der Waals surface area (Å²) in [5.41, 5.74) is 6.71. The number of nitrogens with zero attached hydrogens (tertiary/aromatic N) is 3. The molecule has 0 radical (unpaired) electrons. The molecule has 0 aliphatic carbocycles. The highest BCUT2D eigenvalue weighted by molar-refractivity contribution is 5.79. The molecule has 13 heavy (non-hydrogen) atoms. The number of primary amides is 1. The Morgan fingerprint density at radius 1 is 1.62 bits per heavy atom. The number of nitrogens with two attached hydrogens (primary N) is 1. The number of carbonyl (C=O) groups excluding carboxylic acids is 1. The summed E-state index contributed by atoms with van der Waals surface area (Å²) in [5, 5.41) is 0. The molecule has 0 saturated heterocycles. The second kappa shape index (κ2) is 2.85. The van der Waals surface area contributed by atoms with Crippen molar-refractivity contribution < 1.29 is 4.79 Å². The van der Waals surface area contributed by atoms with Crippen LogP contribution < -0.4 is 5.73 Å². The van der Waals surface area contributed by atoms with Crippen LogP contribution in [0.2, 0.25) is 0 Å². The number of fused-ring (bicyclic) bond motifs is 1. The first-order valence-electron chi connectivity index (χ1n) is 3.80. The van der Waals surface area contributed by atoms with E-state index in [1.54, 1.807) is 17.0 Å². The van der Waals surface area contributed by atoms with E-state index in [2.05, 4.69) is 9.97 Å². The second-order valence-electron chi connectivity index (χ2n) is 2.70. The lowest BCUT2D eigenvalue weighted by molar-refractivity contribution is -0.118. The molecule has 1 amide bonds. The lowest BCUT2D eigenvalue weighted by atomic mass is 10.4. The highest BCUT2D eigenvalue weighted by Gasteiger charge is 2.02. The Morgan fingerprint density at radius 2 is 2.46 bits per heavy atom. The maximum absolute atomic E-state index is 10.7. The SMILES string of the molecule is NC(=O)Cn1ccc2ncncc21. The molecule has 2 N–H and O–H groups in total. The lowest BCUT2D eigenvalue weighted by Gasteiger charge is -1.99. The molecule has 2 rings (SSSR count). The predicted molar refractivity (Wildman–Crippen MR) is 46.7 cm³/mol. The molecular formula is C8H8N4O. The summed E-state index contributed by atoms with van der Waals surface area (Å²) < 4.78 is 1.72. The normalized spacial score (nSPS) is 10.5. The molecule has 66 valence electrons. The number of carbonyl (C=O) groups is 1. The van der Waals surface area contributed by atoms with Crippen molar-refractivity contribution in [1.82, 2.24) is 14.5 Å². The van der Waals surface area contributed by atoms with Gasteiger partial charge in [0.25, 0.3) is 0 Å². The molecule has 2 heterocycles. The summed E-state index contributed by atoms with van der Waals surface area (Å²) in [4.78, 5) is 18.6. The van der Waals surface area contributed by atoms with E-state index < -0.39 is 0 Å². The first-order chi connectivity index (χ1) is 6.27. The summed E-state index contributed by atoms with van der Waals surface area (Å²) in [6.07, 6.45) is 4.90. The van der Waals surface area contributed by atoms with Gasteiger partial charge in [-0.05, 0) is 6.07 Å². The van der Waals surface area contributed by atoms with Crippen LogP contribution >= 0.6 is 0 Å². The van der Waals surface area contributed by atoms with E-state index in [4.69, 9.17) is 5.73 Å². The van der Waals surface area contributed by atoms with E-state index in [1.807, 2.05) is 6.07 Å². The van der Waals surface area contributed by atoms with Crippen molar-refractivity contribution in [3.8, 4) is 0 Å². The van der Waals surface area contributed by atoms with Gasteiger partial charge in [-0.1, -0.05) is 0 Å². The Balaban J connectivity index is 2.51. The van der Waals surface area contributed by atoms with Crippen LogP contribution in [0.15, 0.2) is 24.8 Å². The Morgan fingerprint density at radius 3 is 3.23 bits per heavy atom. The van der Waals surface area contributed by atoms with E-state index in [0.29, 0.717) is 0 Å². The number of hydrogen-bond acceptors (Lipinski definition) is 3. The molecule has 5 nitrogen and oxygen atoms in total. The maximum atomic E-state index is 10.7. The van der Waals surface area contributed by atoms with E-state index >= 15 is 0 Å². The van der Waals surface area contributed by atoms with Crippen LogP contribution in [-0.2, 0) is 11.3 Å². The third-order valence-electron chi connectivity index (χ3n) is 1.77. The molecule has 0 atom stereocenters. The number of hydrogen-bond donors (Lipinski definition) is 1. The Hall–Kier alpha value is -1.91. The summed E-state index contributed by atoms with van der Waals surface area (Å²) in [6.45, 7) is 0.164. The van der Waals surface area contributed by atoms with Crippen molar-refractivity contribution >= 4 is 16.9 Å².